The predicted molar refractivity (Wildman–Crippen MR) is 96.2 cm³/mol. The number of halogens is 1. The summed E-state index contributed by atoms with van der Waals surface area (Å²) in [6, 6.07) is 13.3. The van der Waals surface area contributed by atoms with Gasteiger partial charge in [-0.05, 0) is 24.3 Å². The molecule has 2 aromatic carbocycles. The van der Waals surface area contributed by atoms with Crippen molar-refractivity contribution in [2.75, 3.05) is 5.73 Å². The van der Waals surface area contributed by atoms with Crippen LogP contribution in [0.4, 0.5) is 16.0 Å². The number of phenols is 1. The number of anilines is 1. The van der Waals surface area contributed by atoms with E-state index in [2.05, 4.69) is 10.1 Å². The van der Waals surface area contributed by atoms with Crippen LogP contribution in [-0.4, -0.2) is 25.4 Å². The Labute approximate surface area is 147 Å². The summed E-state index contributed by atoms with van der Waals surface area (Å²) in [4.78, 5) is 9.12. The number of benzene rings is 2. The lowest BCUT2D eigenvalue weighted by Gasteiger charge is -2.07. The normalized spacial score (nSPS) is 12.6. The molecular weight excluding hydrogens is 333 g/mol. The van der Waals surface area contributed by atoms with Crippen LogP contribution in [0.5, 0.6) is 5.75 Å². The number of nitrogen functional groups attached to an aromatic ring is 1. The van der Waals surface area contributed by atoms with Crippen molar-refractivity contribution in [1.82, 2.24) is 14.6 Å². The molecule has 0 spiro atoms. The van der Waals surface area contributed by atoms with Gasteiger partial charge in [0.15, 0.2) is 0 Å². The third kappa shape index (κ3) is 2.00. The highest BCUT2D eigenvalue weighted by Gasteiger charge is 2.24. The molecule has 0 aliphatic carbocycles. The Bertz CT molecular complexity index is 1230. The standard InChI is InChI=1S/C19H12FN5O/c20-14-9-10(26)5-6-11(14)16-13-7-8-25-18(13)17(23-19(21)24-25)12-3-1-2-4-15(12)22-16/h1-9,26H,(H2,21,24). The molecule has 0 saturated carbocycles. The Morgan fingerprint density at radius 1 is 1.00 bits per heavy atom. The monoisotopic (exact) mass is 345 g/mol. The highest BCUT2D eigenvalue weighted by molar-refractivity contribution is 6.20. The smallest absolute Gasteiger partial charge is 0.238 e. The van der Waals surface area contributed by atoms with Crippen molar-refractivity contribution in [3.05, 3.63) is 71.7 Å². The maximum absolute atomic E-state index is 14.6. The van der Waals surface area contributed by atoms with Crippen molar-refractivity contribution in [1.29, 1.82) is 0 Å². The van der Waals surface area contributed by atoms with E-state index in [9.17, 15) is 9.50 Å². The number of hydrogen-bond donors (Lipinski definition) is 2. The number of nitrogens with two attached hydrogens (primary N) is 1. The summed E-state index contributed by atoms with van der Waals surface area (Å²) in [7, 11) is 0. The molecule has 1 aliphatic rings. The molecule has 0 saturated heterocycles. The average molecular weight is 345 g/mol. The SMILES string of the molecule is Nc1nc2c3c(ccn3n1)C(c1ccc(O)cc1F)=Nc1ccccc1-2. The lowest BCUT2D eigenvalue weighted by atomic mass is 10.0. The highest BCUT2D eigenvalue weighted by Crippen LogP contribution is 2.38. The molecule has 126 valence electrons. The number of para-hydroxylation sites is 1. The molecule has 4 aromatic rings. The largest absolute Gasteiger partial charge is 0.508 e. The number of hydrogen-bond acceptors (Lipinski definition) is 5. The number of nitrogens with zero attached hydrogens (tertiary/aromatic N) is 4. The molecule has 2 aromatic heterocycles. The number of fused-ring (bicyclic) bond motifs is 2. The Morgan fingerprint density at radius 3 is 2.69 bits per heavy atom. The van der Waals surface area contributed by atoms with Gasteiger partial charge in [0.05, 0.1) is 11.4 Å². The van der Waals surface area contributed by atoms with E-state index in [1.807, 2.05) is 30.3 Å². The zero-order chi connectivity index (χ0) is 17.8. The van der Waals surface area contributed by atoms with E-state index in [1.165, 1.54) is 12.1 Å². The Balaban J connectivity index is 1.93. The molecular formula is C19H12FN5O. The van der Waals surface area contributed by atoms with E-state index >= 15 is 0 Å². The van der Waals surface area contributed by atoms with Crippen molar-refractivity contribution >= 4 is 22.9 Å². The lowest BCUT2D eigenvalue weighted by molar-refractivity contribution is 0.469. The fraction of sp³-hybridized carbons (Fsp3) is 0. The topological polar surface area (TPSA) is 88.8 Å². The first-order valence-electron chi connectivity index (χ1n) is 7.94. The van der Waals surface area contributed by atoms with Crippen LogP contribution in [-0.2, 0) is 0 Å². The van der Waals surface area contributed by atoms with Crippen LogP contribution in [0, 0.1) is 5.82 Å². The van der Waals surface area contributed by atoms with Gasteiger partial charge in [0, 0.05) is 29.0 Å². The van der Waals surface area contributed by atoms with Gasteiger partial charge in [-0.25, -0.2) is 18.9 Å². The summed E-state index contributed by atoms with van der Waals surface area (Å²) in [6.45, 7) is 0. The summed E-state index contributed by atoms with van der Waals surface area (Å²) in [6.07, 6.45) is 1.74. The van der Waals surface area contributed by atoms with Crippen LogP contribution < -0.4 is 5.73 Å². The van der Waals surface area contributed by atoms with Crippen LogP contribution in [0.15, 0.2) is 59.7 Å². The molecule has 7 heteroatoms. The van der Waals surface area contributed by atoms with E-state index in [1.54, 1.807) is 10.7 Å². The maximum Gasteiger partial charge on any atom is 0.238 e. The maximum atomic E-state index is 14.6. The minimum absolute atomic E-state index is 0.139. The second kappa shape index (κ2) is 5.13. The molecule has 0 fully saturated rings. The van der Waals surface area contributed by atoms with Crippen molar-refractivity contribution in [3.8, 4) is 17.0 Å². The minimum atomic E-state index is -0.555. The molecule has 3 heterocycles. The molecule has 1 aliphatic heterocycles. The number of aromatic nitrogens is 3. The van der Waals surface area contributed by atoms with Crippen molar-refractivity contribution < 1.29 is 9.50 Å². The van der Waals surface area contributed by atoms with Crippen LogP contribution in [0.3, 0.4) is 0 Å². The Kier molecular flexibility index (Phi) is 2.88. The number of rotatable bonds is 1. The van der Waals surface area contributed by atoms with Crippen LogP contribution in [0.1, 0.15) is 11.1 Å². The summed E-state index contributed by atoms with van der Waals surface area (Å²) < 4.78 is 16.2. The second-order valence-electron chi connectivity index (χ2n) is 5.98. The first kappa shape index (κ1) is 14.6. The molecule has 0 atom stereocenters. The zero-order valence-corrected chi connectivity index (χ0v) is 13.4. The number of aromatic hydroxyl groups is 1. The lowest BCUT2D eigenvalue weighted by Crippen LogP contribution is -2.07. The van der Waals surface area contributed by atoms with Crippen LogP contribution in [0.2, 0.25) is 0 Å². The fourth-order valence-corrected chi connectivity index (χ4v) is 3.27. The number of phenolic OH excluding ortho intramolecular Hbond substituents is 1. The summed E-state index contributed by atoms with van der Waals surface area (Å²) in [5.41, 5.74) is 10.1. The summed E-state index contributed by atoms with van der Waals surface area (Å²) in [5, 5.41) is 13.7. The van der Waals surface area contributed by atoms with Gasteiger partial charge < -0.3 is 10.8 Å². The fourth-order valence-electron chi connectivity index (χ4n) is 3.27. The molecule has 0 amide bonds. The van der Waals surface area contributed by atoms with Crippen LogP contribution in [0.25, 0.3) is 16.8 Å². The van der Waals surface area contributed by atoms with Gasteiger partial charge in [-0.2, -0.15) is 0 Å². The van der Waals surface area contributed by atoms with Gasteiger partial charge in [0.1, 0.15) is 22.8 Å². The second-order valence-corrected chi connectivity index (χ2v) is 5.98. The Hall–Kier alpha value is -3.74. The van der Waals surface area contributed by atoms with Crippen LogP contribution >= 0.6 is 0 Å². The van der Waals surface area contributed by atoms with Crippen molar-refractivity contribution in [2.45, 2.75) is 0 Å². The van der Waals surface area contributed by atoms with Gasteiger partial charge in [0.2, 0.25) is 5.95 Å². The first-order valence-corrected chi connectivity index (χ1v) is 7.94. The minimum Gasteiger partial charge on any atom is -0.508 e. The van der Waals surface area contributed by atoms with E-state index in [-0.39, 0.29) is 17.3 Å². The highest BCUT2D eigenvalue weighted by atomic mass is 19.1. The van der Waals surface area contributed by atoms with Gasteiger partial charge in [0.25, 0.3) is 0 Å². The van der Waals surface area contributed by atoms with Gasteiger partial charge in [-0.1, -0.05) is 18.2 Å². The molecule has 0 bridgehead atoms. The molecule has 0 unspecified atom stereocenters. The van der Waals surface area contributed by atoms with E-state index < -0.39 is 5.82 Å². The quantitative estimate of drug-likeness (QED) is 0.488. The first-order chi connectivity index (χ1) is 12.6. The third-order valence-electron chi connectivity index (χ3n) is 4.38. The summed E-state index contributed by atoms with van der Waals surface area (Å²) in [5.74, 6) is -0.552. The molecule has 5 rings (SSSR count). The zero-order valence-electron chi connectivity index (χ0n) is 13.4. The van der Waals surface area contributed by atoms with E-state index in [4.69, 9.17) is 10.7 Å². The number of aliphatic imine (C=N–C) groups is 1. The average Bonchev–Trinajstić information content (AvgIpc) is 2.97. The van der Waals surface area contributed by atoms with Gasteiger partial charge in [-0.15, -0.1) is 5.10 Å². The Morgan fingerprint density at radius 2 is 1.85 bits per heavy atom. The molecule has 26 heavy (non-hydrogen) atoms. The molecule has 6 nitrogen and oxygen atoms in total. The molecule has 0 radical (unpaired) electrons. The van der Waals surface area contributed by atoms with Gasteiger partial charge in [-0.3, -0.25) is 0 Å². The third-order valence-corrected chi connectivity index (χ3v) is 4.38. The predicted octanol–water partition coefficient (Wildman–Crippen LogP) is 3.31. The summed E-state index contributed by atoms with van der Waals surface area (Å²) >= 11 is 0. The van der Waals surface area contributed by atoms with Gasteiger partial charge >= 0.3 is 0 Å². The van der Waals surface area contributed by atoms with E-state index in [0.717, 1.165) is 11.6 Å². The molecule has 3 N–H and O–H groups in total. The van der Waals surface area contributed by atoms with Crippen molar-refractivity contribution in [2.24, 2.45) is 4.99 Å². The van der Waals surface area contributed by atoms with E-state index in [0.29, 0.717) is 28.2 Å². The van der Waals surface area contributed by atoms with Crippen molar-refractivity contribution in [3.63, 3.8) is 0 Å².